The zero-order valence-electron chi connectivity index (χ0n) is 20.2. The van der Waals surface area contributed by atoms with Crippen LogP contribution < -0.4 is 16.6 Å². The molecule has 4 rings (SSSR count). The number of rotatable bonds is 7. The van der Waals surface area contributed by atoms with E-state index < -0.39 is 0 Å². The summed E-state index contributed by atoms with van der Waals surface area (Å²) in [6.45, 7) is 7.34. The molecule has 0 spiro atoms. The largest absolute Gasteiger partial charge is 0.396 e. The second kappa shape index (κ2) is 9.54. The zero-order valence-corrected chi connectivity index (χ0v) is 20.9. The molecule has 0 radical (unpaired) electrons. The van der Waals surface area contributed by atoms with Gasteiger partial charge in [-0.25, -0.2) is 5.84 Å². The van der Waals surface area contributed by atoms with Crippen molar-refractivity contribution < 1.29 is 4.79 Å². The van der Waals surface area contributed by atoms with Gasteiger partial charge in [-0.05, 0) is 85.7 Å². The van der Waals surface area contributed by atoms with Gasteiger partial charge in [0, 0.05) is 5.92 Å². The summed E-state index contributed by atoms with van der Waals surface area (Å²) in [5.74, 6) is 10.9. The summed E-state index contributed by atoms with van der Waals surface area (Å²) in [6.07, 6.45) is 11.5. The van der Waals surface area contributed by atoms with Crippen molar-refractivity contribution in [3.8, 4) is 0 Å². The number of ketones is 1. The zero-order chi connectivity index (χ0) is 23.0. The molecule has 0 aromatic heterocycles. The number of hydrazine groups is 1. The summed E-state index contributed by atoms with van der Waals surface area (Å²) in [4.78, 5) is 13.5. The first-order valence-electron chi connectivity index (χ1n) is 12.9. The lowest BCUT2D eigenvalue weighted by Gasteiger charge is -2.54. The van der Waals surface area contributed by atoms with Gasteiger partial charge in [0.05, 0.1) is 22.9 Å². The number of nitrogen functional groups attached to an aromatic ring is 1. The van der Waals surface area contributed by atoms with E-state index >= 15 is 0 Å². The van der Waals surface area contributed by atoms with Crippen LogP contribution in [0.2, 0.25) is 5.02 Å². The molecule has 0 amide bonds. The molecule has 1 aromatic carbocycles. The highest BCUT2D eigenvalue weighted by atomic mass is 35.5. The lowest BCUT2D eigenvalue weighted by atomic mass is 9.50. The summed E-state index contributed by atoms with van der Waals surface area (Å²) in [5, 5.41) is 1.97. The number of halogens is 1. The van der Waals surface area contributed by atoms with Gasteiger partial charge in [0.15, 0.2) is 5.78 Å². The number of benzene rings is 1. The number of para-hydroxylation sites is 1. The molecule has 0 bridgehead atoms. The van der Waals surface area contributed by atoms with E-state index in [4.69, 9.17) is 23.2 Å². The van der Waals surface area contributed by atoms with E-state index in [9.17, 15) is 4.79 Å². The fraction of sp³-hybridized carbons (Fsp3) is 0.741. The first kappa shape index (κ1) is 23.9. The Morgan fingerprint density at radius 3 is 2.66 bits per heavy atom. The minimum absolute atomic E-state index is 0.105. The van der Waals surface area contributed by atoms with Gasteiger partial charge < -0.3 is 10.7 Å². The number of hydrogen-bond acceptors (Lipinski definition) is 4. The highest BCUT2D eigenvalue weighted by molar-refractivity contribution is 6.33. The fourth-order valence-electron chi connectivity index (χ4n) is 8.19. The number of anilines is 2. The van der Waals surface area contributed by atoms with Gasteiger partial charge in [-0.2, -0.15) is 0 Å². The molecule has 3 aliphatic carbocycles. The van der Waals surface area contributed by atoms with Crippen LogP contribution in [-0.2, 0) is 4.79 Å². The lowest BCUT2D eigenvalue weighted by Crippen LogP contribution is -2.49. The SMILES string of the molecule is CCCC1C(CC)CCC2C1CCC1(C)C(C(=O)CN(N)c3cccc(Cl)c3N)CCC21. The molecule has 7 atom stereocenters. The molecule has 32 heavy (non-hydrogen) atoms. The second-order valence-corrected chi connectivity index (χ2v) is 11.5. The van der Waals surface area contributed by atoms with Crippen molar-refractivity contribution in [3.05, 3.63) is 23.2 Å². The predicted octanol–water partition coefficient (Wildman–Crippen LogP) is 6.47. The number of carbonyl (C=O) groups is 1. The minimum Gasteiger partial charge on any atom is -0.396 e. The number of Topliss-reactive ketones (excluding diaryl/α,β-unsaturated/α-hetero) is 1. The second-order valence-electron chi connectivity index (χ2n) is 11.1. The molecular weight excluding hydrogens is 418 g/mol. The van der Waals surface area contributed by atoms with Gasteiger partial charge in [0.25, 0.3) is 0 Å². The Morgan fingerprint density at radius 1 is 1.16 bits per heavy atom. The Hall–Kier alpha value is -1.26. The van der Waals surface area contributed by atoms with Crippen LogP contribution in [0.15, 0.2) is 18.2 Å². The van der Waals surface area contributed by atoms with Gasteiger partial charge in [0.1, 0.15) is 0 Å². The van der Waals surface area contributed by atoms with Crippen LogP contribution in [0.4, 0.5) is 11.4 Å². The van der Waals surface area contributed by atoms with E-state index in [1.165, 1.54) is 56.4 Å². The Balaban J connectivity index is 1.48. The van der Waals surface area contributed by atoms with E-state index in [0.29, 0.717) is 22.3 Å². The van der Waals surface area contributed by atoms with E-state index in [1.807, 2.05) is 12.1 Å². The quantitative estimate of drug-likeness (QED) is 0.278. The van der Waals surface area contributed by atoms with E-state index in [2.05, 4.69) is 20.8 Å². The highest BCUT2D eigenvalue weighted by Gasteiger charge is 2.57. The van der Waals surface area contributed by atoms with E-state index in [1.54, 1.807) is 6.07 Å². The summed E-state index contributed by atoms with van der Waals surface area (Å²) in [6, 6.07) is 5.40. The summed E-state index contributed by atoms with van der Waals surface area (Å²) < 4.78 is 0. The van der Waals surface area contributed by atoms with Crippen molar-refractivity contribution >= 4 is 28.8 Å². The third-order valence-electron chi connectivity index (χ3n) is 9.72. The van der Waals surface area contributed by atoms with Crippen molar-refractivity contribution in [2.24, 2.45) is 46.8 Å². The highest BCUT2D eigenvalue weighted by Crippen LogP contribution is 2.63. The molecule has 7 unspecified atom stereocenters. The Kier molecular flexibility index (Phi) is 7.12. The van der Waals surface area contributed by atoms with Crippen LogP contribution in [0.5, 0.6) is 0 Å². The number of carbonyl (C=O) groups excluding carboxylic acids is 1. The normalized spacial score (nSPS) is 36.4. The number of hydrogen-bond donors (Lipinski definition) is 2. The molecule has 178 valence electrons. The Bertz CT molecular complexity index is 829. The van der Waals surface area contributed by atoms with Crippen LogP contribution in [0.1, 0.15) is 78.6 Å². The first-order valence-corrected chi connectivity index (χ1v) is 13.3. The van der Waals surface area contributed by atoms with Crippen LogP contribution in [-0.4, -0.2) is 12.3 Å². The van der Waals surface area contributed by atoms with Crippen molar-refractivity contribution in [1.29, 1.82) is 0 Å². The molecule has 3 saturated carbocycles. The summed E-state index contributed by atoms with van der Waals surface area (Å²) >= 11 is 6.16. The van der Waals surface area contributed by atoms with E-state index in [0.717, 1.165) is 30.1 Å². The minimum atomic E-state index is 0.105. The predicted molar refractivity (Wildman–Crippen MR) is 134 cm³/mol. The van der Waals surface area contributed by atoms with Crippen molar-refractivity contribution in [2.45, 2.75) is 78.6 Å². The Morgan fingerprint density at radius 2 is 1.94 bits per heavy atom. The molecule has 0 saturated heterocycles. The average molecular weight is 460 g/mol. The number of nitrogens with zero attached hydrogens (tertiary/aromatic N) is 1. The van der Waals surface area contributed by atoms with Crippen molar-refractivity contribution in [3.63, 3.8) is 0 Å². The maximum Gasteiger partial charge on any atom is 0.157 e. The van der Waals surface area contributed by atoms with Gasteiger partial charge >= 0.3 is 0 Å². The van der Waals surface area contributed by atoms with Crippen LogP contribution >= 0.6 is 11.6 Å². The summed E-state index contributed by atoms with van der Waals surface area (Å²) in [5.41, 5.74) is 7.31. The maximum atomic E-state index is 13.5. The van der Waals surface area contributed by atoms with E-state index in [-0.39, 0.29) is 23.7 Å². The molecule has 5 heteroatoms. The van der Waals surface area contributed by atoms with Gasteiger partial charge in [-0.15, -0.1) is 0 Å². The summed E-state index contributed by atoms with van der Waals surface area (Å²) in [7, 11) is 0. The molecule has 0 heterocycles. The van der Waals surface area contributed by atoms with Crippen LogP contribution in [0, 0.1) is 40.9 Å². The molecule has 0 aliphatic heterocycles. The third kappa shape index (κ3) is 4.07. The fourth-order valence-corrected chi connectivity index (χ4v) is 8.36. The van der Waals surface area contributed by atoms with Gasteiger partial charge in [-0.1, -0.05) is 57.7 Å². The standard InChI is InChI=1S/C27H42ClN3O/c1-4-7-18-17(5-2)10-11-20-19(18)14-15-27(3)21(20)12-13-22(27)25(32)16-31(30)24-9-6-8-23(28)26(24)29/h6,8-9,17-22H,4-5,7,10-16,29-30H2,1-3H3. The number of fused-ring (bicyclic) bond motifs is 3. The molecule has 3 aliphatic rings. The maximum absolute atomic E-state index is 13.5. The molecule has 3 fully saturated rings. The lowest BCUT2D eigenvalue weighted by molar-refractivity contribution is -0.128. The molecule has 4 N–H and O–H groups in total. The van der Waals surface area contributed by atoms with Crippen LogP contribution in [0.25, 0.3) is 0 Å². The third-order valence-corrected chi connectivity index (χ3v) is 10.0. The molecule has 4 nitrogen and oxygen atoms in total. The molecular formula is C27H42ClN3O. The van der Waals surface area contributed by atoms with Gasteiger partial charge in [0.2, 0.25) is 0 Å². The van der Waals surface area contributed by atoms with Crippen molar-refractivity contribution in [2.75, 3.05) is 17.3 Å². The number of nitrogens with two attached hydrogens (primary N) is 2. The Labute approximate surface area is 199 Å². The van der Waals surface area contributed by atoms with Gasteiger partial charge in [-0.3, -0.25) is 4.79 Å². The topological polar surface area (TPSA) is 72.3 Å². The van der Waals surface area contributed by atoms with Crippen LogP contribution in [0.3, 0.4) is 0 Å². The molecule has 1 aromatic rings. The first-order chi connectivity index (χ1) is 15.3. The smallest absolute Gasteiger partial charge is 0.157 e. The average Bonchev–Trinajstić information content (AvgIpc) is 3.13. The monoisotopic (exact) mass is 459 g/mol. The van der Waals surface area contributed by atoms with Crippen molar-refractivity contribution in [1.82, 2.24) is 0 Å².